The average molecular weight is 195 g/mol. The van der Waals surface area contributed by atoms with Crippen LogP contribution in [0.1, 0.15) is 25.7 Å². The molecule has 11 heavy (non-hydrogen) atoms. The molecule has 1 aliphatic rings. The number of halogens is 2. The molecule has 1 fully saturated rings. The van der Waals surface area contributed by atoms with Gasteiger partial charge in [0, 0.05) is 11.8 Å². The van der Waals surface area contributed by atoms with Crippen LogP contribution in [0.3, 0.4) is 0 Å². The van der Waals surface area contributed by atoms with Crippen molar-refractivity contribution in [3.63, 3.8) is 0 Å². The number of hydrogen-bond acceptors (Lipinski definition) is 1. The van der Waals surface area contributed by atoms with Crippen molar-refractivity contribution in [1.82, 2.24) is 0 Å². The van der Waals surface area contributed by atoms with Gasteiger partial charge in [-0.2, -0.15) is 0 Å². The number of alkyl halides is 1. The molecule has 2 atom stereocenters. The molecule has 3 heteroatoms. The highest BCUT2D eigenvalue weighted by Gasteiger charge is 2.28. The maximum atomic E-state index is 10.9. The van der Waals surface area contributed by atoms with Gasteiger partial charge in [0.1, 0.15) is 0 Å². The van der Waals surface area contributed by atoms with E-state index in [4.69, 9.17) is 23.2 Å². The average Bonchev–Trinajstić information content (AvgIpc) is 2.04. The second-order valence-corrected chi connectivity index (χ2v) is 3.79. The highest BCUT2D eigenvalue weighted by molar-refractivity contribution is 6.64. The Labute approximate surface area is 77.1 Å². The second kappa shape index (κ2) is 4.32. The molecule has 1 aliphatic carbocycles. The molecular weight excluding hydrogens is 183 g/mol. The number of carbonyl (C=O) groups is 1. The third-order valence-corrected chi connectivity index (χ3v) is 3.08. The van der Waals surface area contributed by atoms with Gasteiger partial charge in [0.15, 0.2) is 0 Å². The molecule has 1 nitrogen and oxygen atoms in total. The lowest BCUT2D eigenvalue weighted by Gasteiger charge is -2.26. The molecule has 0 aliphatic heterocycles. The van der Waals surface area contributed by atoms with E-state index in [2.05, 4.69) is 0 Å². The number of hydrogen-bond donors (Lipinski definition) is 0. The van der Waals surface area contributed by atoms with Gasteiger partial charge in [0.2, 0.25) is 5.24 Å². The van der Waals surface area contributed by atoms with E-state index in [1.807, 2.05) is 0 Å². The molecular formula is C8H12Cl2O. The topological polar surface area (TPSA) is 17.1 Å². The van der Waals surface area contributed by atoms with Crippen molar-refractivity contribution >= 4 is 28.4 Å². The maximum absolute atomic E-state index is 10.9. The Kier molecular flexibility index (Phi) is 3.67. The summed E-state index contributed by atoms with van der Waals surface area (Å²) in [7, 11) is 0. The van der Waals surface area contributed by atoms with Crippen LogP contribution in [0.15, 0.2) is 0 Å². The van der Waals surface area contributed by atoms with Gasteiger partial charge >= 0.3 is 0 Å². The molecule has 0 heterocycles. The van der Waals surface area contributed by atoms with E-state index in [0.29, 0.717) is 11.8 Å². The highest BCUT2D eigenvalue weighted by Crippen LogP contribution is 2.32. The minimum Gasteiger partial charge on any atom is -0.281 e. The van der Waals surface area contributed by atoms with Crippen molar-refractivity contribution in [3.8, 4) is 0 Å². The third kappa shape index (κ3) is 2.34. The summed E-state index contributed by atoms with van der Waals surface area (Å²) < 4.78 is 0. The zero-order chi connectivity index (χ0) is 8.27. The molecule has 0 spiro atoms. The van der Waals surface area contributed by atoms with Crippen LogP contribution < -0.4 is 0 Å². The predicted octanol–water partition coefficient (Wildman–Crippen LogP) is 2.80. The van der Waals surface area contributed by atoms with Crippen LogP contribution in [0.2, 0.25) is 0 Å². The van der Waals surface area contributed by atoms with Gasteiger partial charge in [0.05, 0.1) is 0 Å². The molecule has 1 saturated carbocycles. The number of rotatable bonds is 2. The molecule has 0 aromatic carbocycles. The van der Waals surface area contributed by atoms with Crippen LogP contribution in [0.5, 0.6) is 0 Å². The van der Waals surface area contributed by atoms with Crippen molar-refractivity contribution in [2.45, 2.75) is 25.7 Å². The minimum atomic E-state index is -0.199. The molecule has 0 aromatic heterocycles. The zero-order valence-electron chi connectivity index (χ0n) is 6.35. The quantitative estimate of drug-likeness (QED) is 0.489. The summed E-state index contributed by atoms with van der Waals surface area (Å²) >= 11 is 11.1. The van der Waals surface area contributed by atoms with E-state index in [0.717, 1.165) is 19.3 Å². The second-order valence-electron chi connectivity index (χ2n) is 3.11. The molecule has 64 valence electrons. The molecule has 0 N–H and O–H groups in total. The van der Waals surface area contributed by atoms with E-state index in [9.17, 15) is 4.79 Å². The normalized spacial score (nSPS) is 31.8. The lowest BCUT2D eigenvalue weighted by atomic mass is 9.81. The Morgan fingerprint density at radius 2 is 2.00 bits per heavy atom. The minimum absolute atomic E-state index is 0.0305. The largest absolute Gasteiger partial charge is 0.281 e. The van der Waals surface area contributed by atoms with Gasteiger partial charge in [0.25, 0.3) is 0 Å². The first-order valence-corrected chi connectivity index (χ1v) is 4.92. The Hall–Kier alpha value is 0.250. The first kappa shape index (κ1) is 9.34. The third-order valence-electron chi connectivity index (χ3n) is 2.40. The summed E-state index contributed by atoms with van der Waals surface area (Å²) in [5, 5.41) is -0.199. The van der Waals surface area contributed by atoms with Crippen molar-refractivity contribution in [2.75, 3.05) is 5.88 Å². The van der Waals surface area contributed by atoms with Gasteiger partial charge in [-0.3, -0.25) is 4.79 Å². The summed E-state index contributed by atoms with van der Waals surface area (Å²) in [5.74, 6) is 0.932. The van der Waals surface area contributed by atoms with Gasteiger partial charge in [-0.1, -0.05) is 12.8 Å². The first-order chi connectivity index (χ1) is 5.25. The van der Waals surface area contributed by atoms with E-state index in [1.54, 1.807) is 0 Å². The van der Waals surface area contributed by atoms with E-state index in [1.165, 1.54) is 6.42 Å². The summed E-state index contributed by atoms with van der Waals surface area (Å²) in [6, 6.07) is 0. The lowest BCUT2D eigenvalue weighted by Crippen LogP contribution is -2.25. The maximum Gasteiger partial charge on any atom is 0.225 e. The Morgan fingerprint density at radius 1 is 1.36 bits per heavy atom. The van der Waals surface area contributed by atoms with E-state index >= 15 is 0 Å². The van der Waals surface area contributed by atoms with Crippen molar-refractivity contribution in [2.24, 2.45) is 11.8 Å². The predicted molar refractivity (Wildman–Crippen MR) is 47.0 cm³/mol. The fourth-order valence-electron chi connectivity index (χ4n) is 1.69. The van der Waals surface area contributed by atoms with Crippen LogP contribution in [-0.2, 0) is 4.79 Å². The summed E-state index contributed by atoms with van der Waals surface area (Å²) in [6.45, 7) is 0. The summed E-state index contributed by atoms with van der Waals surface area (Å²) in [5.41, 5.74) is 0. The van der Waals surface area contributed by atoms with Gasteiger partial charge in [-0.15, -0.1) is 11.6 Å². The Balaban J connectivity index is 2.51. The standard InChI is InChI=1S/C8H12Cl2O/c9-5-6-3-1-2-4-7(6)8(10)11/h6-7H,1-5H2. The molecule has 0 amide bonds. The smallest absolute Gasteiger partial charge is 0.225 e. The zero-order valence-corrected chi connectivity index (χ0v) is 7.87. The van der Waals surface area contributed by atoms with Gasteiger partial charge < -0.3 is 0 Å². The highest BCUT2D eigenvalue weighted by atomic mass is 35.5. The number of carbonyl (C=O) groups excluding carboxylic acids is 1. The fourth-order valence-corrected chi connectivity index (χ4v) is 2.35. The van der Waals surface area contributed by atoms with Gasteiger partial charge in [-0.05, 0) is 30.4 Å². The SMILES string of the molecule is O=C(Cl)C1CCCCC1CCl. The van der Waals surface area contributed by atoms with Crippen LogP contribution in [0, 0.1) is 11.8 Å². The van der Waals surface area contributed by atoms with Crippen LogP contribution in [0.4, 0.5) is 0 Å². The van der Waals surface area contributed by atoms with E-state index < -0.39 is 0 Å². The van der Waals surface area contributed by atoms with Crippen molar-refractivity contribution in [3.05, 3.63) is 0 Å². The fraction of sp³-hybridized carbons (Fsp3) is 0.875. The molecule has 2 unspecified atom stereocenters. The summed E-state index contributed by atoms with van der Waals surface area (Å²) in [6.07, 6.45) is 4.31. The molecule has 1 rings (SSSR count). The first-order valence-electron chi connectivity index (χ1n) is 4.01. The van der Waals surface area contributed by atoms with Gasteiger partial charge in [-0.25, -0.2) is 0 Å². The Morgan fingerprint density at radius 3 is 2.45 bits per heavy atom. The van der Waals surface area contributed by atoms with Crippen LogP contribution >= 0.6 is 23.2 Å². The van der Waals surface area contributed by atoms with Crippen molar-refractivity contribution < 1.29 is 4.79 Å². The molecule has 0 saturated heterocycles. The monoisotopic (exact) mass is 194 g/mol. The van der Waals surface area contributed by atoms with Crippen LogP contribution in [-0.4, -0.2) is 11.1 Å². The van der Waals surface area contributed by atoms with Crippen molar-refractivity contribution in [1.29, 1.82) is 0 Å². The van der Waals surface area contributed by atoms with Crippen LogP contribution in [0.25, 0.3) is 0 Å². The molecule has 0 aromatic rings. The molecule has 0 radical (unpaired) electrons. The lowest BCUT2D eigenvalue weighted by molar-refractivity contribution is -0.117. The molecule has 0 bridgehead atoms. The Bertz CT molecular complexity index is 147. The van der Waals surface area contributed by atoms with E-state index in [-0.39, 0.29) is 11.2 Å². The summed E-state index contributed by atoms with van der Waals surface area (Å²) in [4.78, 5) is 10.9.